The van der Waals surface area contributed by atoms with Gasteiger partial charge in [0.1, 0.15) is 0 Å². The molecule has 1 aromatic heterocycles. The van der Waals surface area contributed by atoms with Crippen molar-refractivity contribution in [3.63, 3.8) is 0 Å². The van der Waals surface area contributed by atoms with Gasteiger partial charge in [-0.25, -0.2) is 0 Å². The van der Waals surface area contributed by atoms with Gasteiger partial charge in [0.15, 0.2) is 0 Å². The molecule has 108 valence electrons. The molecule has 2 aliphatic rings. The highest BCUT2D eigenvalue weighted by atomic mass is 79.9. The summed E-state index contributed by atoms with van der Waals surface area (Å²) in [6.45, 7) is 4.17. The summed E-state index contributed by atoms with van der Waals surface area (Å²) in [6.07, 6.45) is 3.67. The van der Waals surface area contributed by atoms with Gasteiger partial charge < -0.3 is 9.64 Å². The minimum atomic E-state index is 0.105. The molecule has 5 heteroatoms. The van der Waals surface area contributed by atoms with Crippen LogP contribution >= 0.6 is 15.9 Å². The summed E-state index contributed by atoms with van der Waals surface area (Å²) in [4.78, 5) is 19.1. The van der Waals surface area contributed by atoms with E-state index in [0.717, 1.165) is 29.6 Å². The second-order valence-corrected chi connectivity index (χ2v) is 6.34. The van der Waals surface area contributed by atoms with E-state index >= 15 is 0 Å². The Morgan fingerprint density at radius 3 is 3.20 bits per heavy atom. The Balaban J connectivity index is 1.69. The Kier molecular flexibility index (Phi) is 4.08. The van der Waals surface area contributed by atoms with Gasteiger partial charge in [-0.15, -0.1) is 0 Å². The molecule has 1 aromatic rings. The number of rotatable bonds is 3. The van der Waals surface area contributed by atoms with Crippen LogP contribution in [0, 0.1) is 5.92 Å². The van der Waals surface area contributed by atoms with Gasteiger partial charge in [-0.2, -0.15) is 0 Å². The van der Waals surface area contributed by atoms with E-state index in [1.54, 1.807) is 6.20 Å². The first-order valence-corrected chi connectivity index (χ1v) is 8.00. The van der Waals surface area contributed by atoms with Crippen LogP contribution in [0.2, 0.25) is 0 Å². The number of amides is 1. The fraction of sp³-hybridized carbons (Fsp3) is 0.600. The quantitative estimate of drug-likeness (QED) is 0.850. The summed E-state index contributed by atoms with van der Waals surface area (Å²) in [7, 11) is 0. The lowest BCUT2D eigenvalue weighted by Crippen LogP contribution is -2.49. The lowest BCUT2D eigenvalue weighted by atomic mass is 10.1. The number of ether oxygens (including phenoxy) is 1. The summed E-state index contributed by atoms with van der Waals surface area (Å²) in [5, 5.41) is 0. The predicted octanol–water partition coefficient (Wildman–Crippen LogP) is 2.58. The molecular weight excluding hydrogens is 320 g/mol. The van der Waals surface area contributed by atoms with Crippen molar-refractivity contribution in [1.82, 2.24) is 9.88 Å². The molecule has 1 saturated carbocycles. The van der Waals surface area contributed by atoms with Crippen LogP contribution in [-0.2, 0) is 9.53 Å². The summed E-state index contributed by atoms with van der Waals surface area (Å²) < 4.78 is 6.48. The molecule has 0 aromatic carbocycles. The summed E-state index contributed by atoms with van der Waals surface area (Å²) in [6, 6.07) is 4.14. The lowest BCUT2D eigenvalue weighted by molar-refractivity contribution is -0.141. The van der Waals surface area contributed by atoms with Crippen LogP contribution in [-0.4, -0.2) is 41.6 Å². The van der Waals surface area contributed by atoms with E-state index in [1.807, 2.05) is 17.0 Å². The SMILES string of the molecule is CCC1COCCN1C(=O)[C@@H]1C[C@H]1c1ncccc1Br. The number of pyridine rings is 1. The van der Waals surface area contributed by atoms with Gasteiger partial charge in [-0.05, 0) is 40.9 Å². The van der Waals surface area contributed by atoms with Crippen LogP contribution < -0.4 is 0 Å². The third-order valence-electron chi connectivity index (χ3n) is 4.23. The number of nitrogens with zero attached hydrogens (tertiary/aromatic N) is 2. The summed E-state index contributed by atoms with van der Waals surface area (Å²) in [5.41, 5.74) is 1.02. The van der Waals surface area contributed by atoms with Crippen molar-refractivity contribution in [2.24, 2.45) is 5.92 Å². The van der Waals surface area contributed by atoms with E-state index in [0.29, 0.717) is 13.2 Å². The first-order valence-electron chi connectivity index (χ1n) is 7.21. The highest BCUT2D eigenvalue weighted by Crippen LogP contribution is 2.49. The highest BCUT2D eigenvalue weighted by molar-refractivity contribution is 9.10. The average molecular weight is 339 g/mol. The first kappa shape index (κ1) is 14.0. The van der Waals surface area contributed by atoms with E-state index in [-0.39, 0.29) is 23.8 Å². The zero-order chi connectivity index (χ0) is 14.1. The van der Waals surface area contributed by atoms with Gasteiger partial charge in [0.2, 0.25) is 5.91 Å². The van der Waals surface area contributed by atoms with Crippen molar-refractivity contribution in [3.8, 4) is 0 Å². The lowest BCUT2D eigenvalue weighted by Gasteiger charge is -2.35. The summed E-state index contributed by atoms with van der Waals surface area (Å²) in [5.74, 6) is 0.662. The highest BCUT2D eigenvalue weighted by Gasteiger charge is 2.48. The topological polar surface area (TPSA) is 42.4 Å². The summed E-state index contributed by atoms with van der Waals surface area (Å²) >= 11 is 3.53. The van der Waals surface area contributed by atoms with Crippen molar-refractivity contribution in [1.29, 1.82) is 0 Å². The van der Waals surface area contributed by atoms with Crippen molar-refractivity contribution >= 4 is 21.8 Å². The van der Waals surface area contributed by atoms with Gasteiger partial charge in [0.25, 0.3) is 0 Å². The molecule has 2 fully saturated rings. The molecule has 1 aliphatic heterocycles. The third kappa shape index (κ3) is 2.61. The fourth-order valence-electron chi connectivity index (χ4n) is 2.94. The molecule has 1 amide bonds. The molecule has 1 saturated heterocycles. The average Bonchev–Trinajstić information content (AvgIpc) is 3.27. The molecule has 0 radical (unpaired) electrons. The van der Waals surface area contributed by atoms with Crippen molar-refractivity contribution in [2.45, 2.75) is 31.7 Å². The zero-order valence-electron chi connectivity index (χ0n) is 11.6. The Labute approximate surface area is 127 Å². The van der Waals surface area contributed by atoms with Crippen LogP contribution in [0.1, 0.15) is 31.4 Å². The van der Waals surface area contributed by atoms with Gasteiger partial charge in [-0.3, -0.25) is 9.78 Å². The third-order valence-corrected chi connectivity index (χ3v) is 4.90. The van der Waals surface area contributed by atoms with Crippen LogP contribution in [0.25, 0.3) is 0 Å². The number of carbonyl (C=O) groups excluding carboxylic acids is 1. The smallest absolute Gasteiger partial charge is 0.226 e. The number of hydrogen-bond acceptors (Lipinski definition) is 3. The number of halogens is 1. The molecular formula is C15H19BrN2O2. The molecule has 4 nitrogen and oxygen atoms in total. The van der Waals surface area contributed by atoms with E-state index < -0.39 is 0 Å². The van der Waals surface area contributed by atoms with Gasteiger partial charge in [-0.1, -0.05) is 6.92 Å². The Morgan fingerprint density at radius 1 is 1.60 bits per heavy atom. The molecule has 20 heavy (non-hydrogen) atoms. The first-order chi connectivity index (χ1) is 9.72. The zero-order valence-corrected chi connectivity index (χ0v) is 13.2. The van der Waals surface area contributed by atoms with Crippen molar-refractivity contribution in [3.05, 3.63) is 28.5 Å². The minimum absolute atomic E-state index is 0.105. The number of morpholine rings is 1. The molecule has 0 bridgehead atoms. The van der Waals surface area contributed by atoms with Crippen molar-refractivity contribution in [2.75, 3.05) is 19.8 Å². The number of hydrogen-bond donors (Lipinski definition) is 0. The fourth-order valence-corrected chi connectivity index (χ4v) is 3.49. The monoisotopic (exact) mass is 338 g/mol. The molecule has 1 unspecified atom stereocenters. The van der Waals surface area contributed by atoms with Gasteiger partial charge in [0, 0.05) is 29.1 Å². The Morgan fingerprint density at radius 2 is 2.45 bits per heavy atom. The Hall–Kier alpha value is -0.940. The van der Waals surface area contributed by atoms with Crippen LogP contribution in [0.3, 0.4) is 0 Å². The van der Waals surface area contributed by atoms with E-state index in [9.17, 15) is 4.79 Å². The Bertz CT molecular complexity index is 508. The van der Waals surface area contributed by atoms with E-state index in [2.05, 4.69) is 27.8 Å². The van der Waals surface area contributed by atoms with Crippen LogP contribution in [0.5, 0.6) is 0 Å². The minimum Gasteiger partial charge on any atom is -0.377 e. The standard InChI is InChI=1S/C15H19BrN2O2/c1-2-10-9-20-7-6-18(10)15(19)12-8-11(12)14-13(16)4-3-5-17-14/h3-5,10-12H,2,6-9H2,1H3/t10?,11-,12-/m1/s1. The molecule has 0 N–H and O–H groups in total. The molecule has 0 spiro atoms. The molecule has 1 aliphatic carbocycles. The second-order valence-electron chi connectivity index (χ2n) is 5.49. The van der Waals surface area contributed by atoms with E-state index in [4.69, 9.17) is 4.74 Å². The van der Waals surface area contributed by atoms with E-state index in [1.165, 1.54) is 0 Å². The molecule has 3 rings (SSSR count). The normalized spacial score (nSPS) is 29.3. The molecule has 3 atom stereocenters. The second kappa shape index (κ2) is 5.82. The van der Waals surface area contributed by atoms with Crippen molar-refractivity contribution < 1.29 is 9.53 Å². The van der Waals surface area contributed by atoms with Crippen LogP contribution in [0.15, 0.2) is 22.8 Å². The maximum atomic E-state index is 12.7. The maximum Gasteiger partial charge on any atom is 0.226 e. The van der Waals surface area contributed by atoms with Gasteiger partial charge in [0.05, 0.1) is 24.9 Å². The molecule has 2 heterocycles. The number of carbonyl (C=O) groups is 1. The largest absolute Gasteiger partial charge is 0.377 e. The predicted molar refractivity (Wildman–Crippen MR) is 79.4 cm³/mol. The van der Waals surface area contributed by atoms with Gasteiger partial charge >= 0.3 is 0 Å². The number of aromatic nitrogens is 1. The maximum absolute atomic E-state index is 12.7. The van der Waals surface area contributed by atoms with Crippen LogP contribution in [0.4, 0.5) is 0 Å².